The Kier molecular flexibility index (Phi) is 28.9. The monoisotopic (exact) mass is 1770 g/mol. The van der Waals surface area contributed by atoms with E-state index in [2.05, 4.69) is 50.9 Å². The highest BCUT2D eigenvalue weighted by Crippen LogP contribution is 2.54. The highest BCUT2D eigenvalue weighted by atomic mass is 31.2. The summed E-state index contributed by atoms with van der Waals surface area (Å²) in [6.45, 7) is 28.4. The predicted molar refractivity (Wildman–Crippen MR) is 424 cm³/mol. The van der Waals surface area contributed by atoms with Gasteiger partial charge in [-0.1, -0.05) is 116 Å². The van der Waals surface area contributed by atoms with Crippen LogP contribution in [0.5, 0.6) is 17.2 Å². The van der Waals surface area contributed by atoms with E-state index in [1.165, 1.54) is 52.6 Å². The number of amides is 8. The first-order chi connectivity index (χ1) is 55.5. The molecule has 6 fully saturated rings. The van der Waals surface area contributed by atoms with Crippen molar-refractivity contribution < 1.29 is 129 Å². The molecule has 5 unspecified atom stereocenters. The number of allylic oxidation sites excluding steroid dienone is 3. The second kappa shape index (κ2) is 36.9. The van der Waals surface area contributed by atoms with Crippen molar-refractivity contribution in [2.45, 2.75) is 195 Å². The Labute approximate surface area is 687 Å². The van der Waals surface area contributed by atoms with Gasteiger partial charge in [0.15, 0.2) is 22.7 Å². The van der Waals surface area contributed by atoms with Crippen molar-refractivity contribution in [1.82, 2.24) is 55.7 Å². The van der Waals surface area contributed by atoms with Crippen LogP contribution in [0.3, 0.4) is 0 Å². The lowest BCUT2D eigenvalue weighted by Gasteiger charge is -2.40. The molecule has 3 aromatic carbocycles. The summed E-state index contributed by atoms with van der Waals surface area (Å²) in [5.41, 5.74) is 0.673. The number of nitrogens with one attached hydrogen (secondary N) is 6. The molecular weight excluding hydrogens is 1670 g/mol. The Bertz CT molecular complexity index is 4480. The molecule has 654 valence electrons. The van der Waals surface area contributed by atoms with Crippen LogP contribution >= 0.6 is 23.2 Å². The number of likely N-dealkylation sites (tertiary alicyclic amines) is 2. The van der Waals surface area contributed by atoms with E-state index in [0.717, 1.165) is 16.0 Å². The number of piperidine rings is 1. The molecule has 0 aromatic heterocycles. The van der Waals surface area contributed by atoms with Gasteiger partial charge >= 0.3 is 65.1 Å². The number of hydrogen-bond acceptors (Lipinski definition) is 22. The molecule has 0 aliphatic carbocycles. The van der Waals surface area contributed by atoms with Gasteiger partial charge < -0.3 is 72.2 Å². The normalized spacial score (nSPS) is 28.4. The number of likely N-dealkylation sites (N-methyl/N-ethyl adjacent to an activating group) is 2. The molecule has 44 heteroatoms. The number of carbonyl (C=O) groups excluding carboxylic acids is 6. The minimum atomic E-state index is -4.34. The number of aliphatic hydroxyl groups excluding tert-OH is 1. The lowest BCUT2D eigenvalue weighted by Crippen LogP contribution is -2.56. The number of ether oxygens (including phenoxy) is 4. The van der Waals surface area contributed by atoms with E-state index in [1.54, 1.807) is 93.0 Å². The fourth-order valence-corrected chi connectivity index (χ4v) is 19.7. The van der Waals surface area contributed by atoms with Gasteiger partial charge in [-0.15, -0.1) is 0 Å². The number of alkyl halides is 6. The molecule has 9 aliphatic rings. The largest absolute Gasteiger partial charge is 0.464 e. The standard InChI is InChI=1S/C28H41F2N4O7PSi.C27H39F2N4O7PSi.C20H22F2N3O8P/c1-19-15-17-34(26(36)31-19)25-28(29,30)23(41-43(6,7)27(2,3)4)22(39-25)18-38-42(37,40-20-12-9-8-10-13-20)32-21-14-11-16-33(5)24(21)35;1-18-13-16-33(25(35)30-18)24-27(28,29)22(40-42(6,7)26(2,3)4)21(38-24)17-37-41(36,39-19-11-9-8-10-12-19)31-20-14-15-32(5)23(20)34;1-12-7-9-25(19(28)23-12)18-20(21,22)16(26)15(32-18)11-31-34(29,24-14-8-10-30-17(14)27)33-13-5-3-2-4-6-13/h8-10,12-13,15,17,21-23,25H,1,11,14,16,18H2,2-7H3,(H,31,36)(H,32,37);8-13,16,20-22,24H,1,14-15,17H2,2-7H3,(H,30,35)(H,31,36);2-7,9,14-16,18,26H,1,8,10-11H2,(H,23,28)(H,24,29)/t21?,22-,23-,25-,42?;20?,21-,22-,24-,41?;14-,15+,16+,18+,34?/m110/s1. The first-order valence-electron chi connectivity index (χ1n) is 38.0. The predicted octanol–water partition coefficient (Wildman–Crippen LogP) is 11.9. The Morgan fingerprint density at radius 2 is 0.824 bits per heavy atom. The number of rotatable bonds is 28. The van der Waals surface area contributed by atoms with E-state index >= 15 is 17.6 Å². The summed E-state index contributed by atoms with van der Waals surface area (Å²) in [5.74, 6) is -12.0. The molecular formula is C75H102F6N11O22P3Si2. The van der Waals surface area contributed by atoms with E-state index in [9.17, 15) is 56.3 Å². The molecule has 9 aliphatic heterocycles. The zero-order valence-electron chi connectivity index (χ0n) is 67.6. The summed E-state index contributed by atoms with van der Waals surface area (Å²) in [4.78, 5) is 79.7. The maximum atomic E-state index is 16.2. The average Bonchev–Trinajstić information content (AvgIpc) is 1.61. The third kappa shape index (κ3) is 22.3. The number of carbonyl (C=O) groups is 6. The van der Waals surface area contributed by atoms with Crippen LogP contribution in [0, 0.1) is 0 Å². The molecule has 6 saturated heterocycles. The number of nitrogens with zero attached hydrogens (tertiary/aromatic N) is 5. The number of cyclic esters (lactones) is 1. The average molecular weight is 1770 g/mol. The molecule has 0 radical (unpaired) electrons. The fourth-order valence-electron chi connectivity index (χ4n) is 12.5. The van der Waals surface area contributed by atoms with Gasteiger partial charge in [-0.2, -0.15) is 41.6 Å². The number of benzene rings is 3. The molecule has 8 amide bonds. The highest BCUT2D eigenvalue weighted by Gasteiger charge is 2.67. The SMILES string of the molecule is C=C1C=CN([C@@H]2O[C@H](COP(=O)(NC3CCCN(C)C3=O)Oc3ccccc3)[C@@H](O[Si](C)(C)C(C)(C)C)C2(F)F)C(=O)N1.C=C1C=CN([C@@H]2O[C@H](COP(=O)(NC3CCN(C)C3=O)Oc3ccccc3)[C@@H](O[Si](C)(C)C(C)(C)C)C2(F)F)C(=O)N1.C=C1C=CN([C@@H]2O[C@H](COP(=O)(N[C@H]3CCOC3=O)Oc3ccccc3)[C@@H](O)C2(F)F)C(=O)N1. The van der Waals surface area contributed by atoms with Gasteiger partial charge in [-0.3, -0.25) is 42.7 Å². The number of aliphatic hydroxyl groups is 1. The van der Waals surface area contributed by atoms with E-state index in [0.29, 0.717) is 37.3 Å². The van der Waals surface area contributed by atoms with Gasteiger partial charge in [0.1, 0.15) is 53.8 Å². The zero-order chi connectivity index (χ0) is 87.4. The summed E-state index contributed by atoms with van der Waals surface area (Å²) in [7, 11) is -15.4. The first kappa shape index (κ1) is 93.2. The number of halogens is 6. The summed E-state index contributed by atoms with van der Waals surface area (Å²) in [6.07, 6.45) is -7.96. The molecule has 3 aromatic rings. The summed E-state index contributed by atoms with van der Waals surface area (Å²) in [6, 6.07) is 18.8. The molecule has 12 rings (SSSR count). The van der Waals surface area contributed by atoms with Gasteiger partial charge in [0.25, 0.3) is 0 Å². The van der Waals surface area contributed by atoms with Crippen molar-refractivity contribution in [3.63, 3.8) is 0 Å². The van der Waals surface area contributed by atoms with Crippen molar-refractivity contribution in [3.8, 4) is 17.2 Å². The minimum Gasteiger partial charge on any atom is -0.464 e. The van der Waals surface area contributed by atoms with Crippen LogP contribution in [0.1, 0.15) is 67.2 Å². The van der Waals surface area contributed by atoms with Crippen molar-refractivity contribution in [2.24, 2.45) is 0 Å². The molecule has 7 N–H and O–H groups in total. The molecule has 0 bridgehead atoms. The van der Waals surface area contributed by atoms with E-state index in [-0.39, 0.29) is 59.2 Å². The molecule has 9 heterocycles. The maximum absolute atomic E-state index is 16.2. The molecule has 33 nitrogen and oxygen atoms in total. The Morgan fingerprint density at radius 1 is 0.496 bits per heavy atom. The number of esters is 1. The second-order valence-electron chi connectivity index (χ2n) is 32.2. The van der Waals surface area contributed by atoms with Gasteiger partial charge in [0.05, 0.1) is 38.5 Å². The van der Waals surface area contributed by atoms with Crippen LogP contribution in [0.15, 0.2) is 165 Å². The topological polar surface area (TPSA) is 373 Å². The van der Waals surface area contributed by atoms with Crippen molar-refractivity contribution in [3.05, 3.63) is 165 Å². The highest BCUT2D eigenvalue weighted by molar-refractivity contribution is 7.52. The molecule has 119 heavy (non-hydrogen) atoms. The van der Waals surface area contributed by atoms with Crippen LogP contribution in [0.2, 0.25) is 36.3 Å². The number of hydrogen-bond donors (Lipinski definition) is 7. The van der Waals surface area contributed by atoms with Crippen LogP contribution in [-0.2, 0) is 69.4 Å². The van der Waals surface area contributed by atoms with Gasteiger partial charge in [0.2, 0.25) is 30.5 Å². The van der Waals surface area contributed by atoms with Crippen LogP contribution < -0.4 is 44.8 Å². The number of para-hydroxylation sites is 3. The van der Waals surface area contributed by atoms with Crippen LogP contribution in [0.25, 0.3) is 0 Å². The van der Waals surface area contributed by atoms with E-state index in [1.807, 2.05) is 67.7 Å². The maximum Gasteiger partial charge on any atom is 0.459 e. The van der Waals surface area contributed by atoms with Crippen LogP contribution in [0.4, 0.5) is 40.7 Å². The first-order valence-corrected chi connectivity index (χ1v) is 48.4. The summed E-state index contributed by atoms with van der Waals surface area (Å²) >= 11 is 0. The third-order valence-corrected chi connectivity index (χ3v) is 34.8. The minimum absolute atomic E-state index is 0.0953. The van der Waals surface area contributed by atoms with Crippen LogP contribution in [-0.4, -0.2) is 227 Å². The molecule has 15 atom stereocenters. The quantitative estimate of drug-likeness (QED) is 0.0154. The Hall–Kier alpha value is -8.06. The van der Waals surface area contributed by atoms with Crippen molar-refractivity contribution >= 4 is 75.8 Å². The lowest BCUT2D eigenvalue weighted by molar-refractivity contribution is -0.145. The third-order valence-electron chi connectivity index (χ3n) is 21.2. The number of urea groups is 3. The lowest BCUT2D eigenvalue weighted by atomic mass is 10.1. The molecule has 0 spiro atoms. The Morgan fingerprint density at radius 3 is 1.15 bits per heavy atom. The van der Waals surface area contributed by atoms with Gasteiger partial charge in [-0.25, -0.2) is 28.1 Å². The van der Waals surface area contributed by atoms with Crippen molar-refractivity contribution in [2.75, 3.05) is 53.6 Å². The van der Waals surface area contributed by atoms with E-state index in [4.69, 9.17) is 54.9 Å². The van der Waals surface area contributed by atoms with Gasteiger partial charge in [0, 0.05) is 69.3 Å². The smallest absolute Gasteiger partial charge is 0.459 e. The Balaban J connectivity index is 0.000000189. The van der Waals surface area contributed by atoms with Gasteiger partial charge in [-0.05, 0) is 110 Å². The summed E-state index contributed by atoms with van der Waals surface area (Å²) in [5, 5.41) is 24.2. The zero-order valence-corrected chi connectivity index (χ0v) is 72.3. The molecule has 0 saturated carbocycles. The second-order valence-corrected chi connectivity index (χ2v) is 46.8. The van der Waals surface area contributed by atoms with Crippen molar-refractivity contribution in [1.29, 1.82) is 0 Å². The summed E-state index contributed by atoms with van der Waals surface area (Å²) < 4.78 is 204. The fraction of sp³-hybridized carbons (Fsp3) is 0.520. The van der Waals surface area contributed by atoms with E-state index < -0.39 is 185 Å².